The number of nitrogens with zero attached hydrogens (tertiary/aromatic N) is 1. The van der Waals surface area contributed by atoms with Gasteiger partial charge in [-0.3, -0.25) is 9.10 Å². The van der Waals surface area contributed by atoms with Crippen LogP contribution in [0.25, 0.3) is 0 Å². The number of benzene rings is 3. The van der Waals surface area contributed by atoms with E-state index in [-0.39, 0.29) is 17.3 Å². The molecule has 1 heterocycles. The number of nitrogens with one attached hydrogen (secondary N) is 1. The average Bonchev–Trinajstić information content (AvgIpc) is 2.86. The zero-order chi connectivity index (χ0) is 25.2. The zero-order valence-electron chi connectivity index (χ0n) is 20.0. The van der Waals surface area contributed by atoms with Crippen LogP contribution in [0, 0.1) is 6.92 Å². The molecule has 1 amide bonds. The standard InChI is InChI=1S/C27H29ClN2O4S/c1-4-19-8-9-20(5-2)21(14-19)16-29-27(31)26-17-30(24-15-22(28)10-13-25(24)34-26)35(32,33)23-11-6-18(3)7-12-23/h6-15,26H,4-5,16-17H2,1-3H3,(H,29,31)/t26-/m0/s1. The molecule has 35 heavy (non-hydrogen) atoms. The molecule has 0 saturated heterocycles. The third-order valence-corrected chi connectivity index (χ3v) is 8.23. The molecule has 0 bridgehead atoms. The maximum atomic E-state index is 13.6. The van der Waals surface area contributed by atoms with Gasteiger partial charge in [0.2, 0.25) is 0 Å². The molecule has 4 rings (SSSR count). The van der Waals surface area contributed by atoms with Gasteiger partial charge in [0.05, 0.1) is 17.1 Å². The molecule has 3 aromatic carbocycles. The Balaban J connectivity index is 1.61. The molecule has 8 heteroatoms. The number of carbonyl (C=O) groups is 1. The van der Waals surface area contributed by atoms with E-state index in [0.29, 0.717) is 23.0 Å². The Kier molecular flexibility index (Phi) is 7.38. The minimum atomic E-state index is -3.95. The summed E-state index contributed by atoms with van der Waals surface area (Å²) in [7, 11) is -3.95. The molecule has 1 aliphatic rings. The van der Waals surface area contributed by atoms with Crippen molar-refractivity contribution in [1.82, 2.24) is 5.32 Å². The molecule has 0 saturated carbocycles. The maximum absolute atomic E-state index is 13.6. The van der Waals surface area contributed by atoms with E-state index in [2.05, 4.69) is 37.4 Å². The number of hydrogen-bond donors (Lipinski definition) is 1. The highest BCUT2D eigenvalue weighted by molar-refractivity contribution is 7.92. The van der Waals surface area contributed by atoms with Crippen LogP contribution in [0.3, 0.4) is 0 Å². The lowest BCUT2D eigenvalue weighted by molar-refractivity contribution is -0.127. The third-order valence-electron chi connectivity index (χ3n) is 6.20. The largest absolute Gasteiger partial charge is 0.476 e. The van der Waals surface area contributed by atoms with Crippen molar-refractivity contribution in [2.75, 3.05) is 10.8 Å². The van der Waals surface area contributed by atoms with Crippen molar-refractivity contribution in [3.05, 3.63) is 87.9 Å². The van der Waals surface area contributed by atoms with Crippen LogP contribution in [-0.4, -0.2) is 27.0 Å². The van der Waals surface area contributed by atoms with E-state index in [1.807, 2.05) is 6.92 Å². The molecule has 1 aliphatic heterocycles. The van der Waals surface area contributed by atoms with E-state index in [0.717, 1.165) is 29.5 Å². The smallest absolute Gasteiger partial charge is 0.264 e. The summed E-state index contributed by atoms with van der Waals surface area (Å²) < 4.78 is 34.3. The van der Waals surface area contributed by atoms with E-state index in [1.54, 1.807) is 42.5 Å². The molecule has 0 aliphatic carbocycles. The van der Waals surface area contributed by atoms with Gasteiger partial charge in [0, 0.05) is 11.6 Å². The number of amides is 1. The lowest BCUT2D eigenvalue weighted by Gasteiger charge is -2.35. The number of hydrogen-bond acceptors (Lipinski definition) is 4. The van der Waals surface area contributed by atoms with Gasteiger partial charge in [-0.05, 0) is 66.8 Å². The van der Waals surface area contributed by atoms with Gasteiger partial charge in [-0.25, -0.2) is 8.42 Å². The number of halogens is 1. The predicted octanol–water partition coefficient (Wildman–Crippen LogP) is 5.05. The van der Waals surface area contributed by atoms with Crippen LogP contribution in [-0.2, 0) is 34.2 Å². The molecule has 184 valence electrons. The van der Waals surface area contributed by atoms with Crippen LogP contribution in [0.15, 0.2) is 65.6 Å². The van der Waals surface area contributed by atoms with Crippen molar-refractivity contribution >= 4 is 33.2 Å². The average molecular weight is 513 g/mol. The van der Waals surface area contributed by atoms with Crippen molar-refractivity contribution < 1.29 is 17.9 Å². The quantitative estimate of drug-likeness (QED) is 0.481. The van der Waals surface area contributed by atoms with Crippen molar-refractivity contribution in [2.45, 2.75) is 51.2 Å². The molecule has 0 radical (unpaired) electrons. The topological polar surface area (TPSA) is 75.7 Å². The maximum Gasteiger partial charge on any atom is 0.264 e. The Morgan fingerprint density at radius 1 is 1.03 bits per heavy atom. The van der Waals surface area contributed by atoms with Crippen molar-refractivity contribution in [2.24, 2.45) is 0 Å². The lowest BCUT2D eigenvalue weighted by Crippen LogP contribution is -2.50. The molecule has 6 nitrogen and oxygen atoms in total. The fraction of sp³-hybridized carbons (Fsp3) is 0.296. The fourth-order valence-electron chi connectivity index (χ4n) is 4.13. The van der Waals surface area contributed by atoms with Gasteiger partial charge >= 0.3 is 0 Å². The van der Waals surface area contributed by atoms with E-state index < -0.39 is 16.1 Å². The number of sulfonamides is 1. The molecule has 3 aromatic rings. The minimum Gasteiger partial charge on any atom is -0.476 e. The van der Waals surface area contributed by atoms with Gasteiger partial charge in [0.15, 0.2) is 6.10 Å². The SMILES string of the molecule is CCc1ccc(CC)c(CNC(=O)[C@@H]2CN(S(=O)(=O)c3ccc(C)cc3)c3cc(Cl)ccc3O2)c1. The van der Waals surface area contributed by atoms with Gasteiger partial charge in [-0.15, -0.1) is 0 Å². The summed E-state index contributed by atoms with van der Waals surface area (Å²) >= 11 is 6.17. The van der Waals surface area contributed by atoms with Crippen LogP contribution in [0.2, 0.25) is 5.02 Å². The first kappa shape index (κ1) is 25.1. The molecule has 1 atom stereocenters. The van der Waals surface area contributed by atoms with Crippen LogP contribution >= 0.6 is 11.6 Å². The number of anilines is 1. The van der Waals surface area contributed by atoms with Crippen LogP contribution in [0.5, 0.6) is 5.75 Å². The van der Waals surface area contributed by atoms with E-state index >= 15 is 0 Å². The second-order valence-electron chi connectivity index (χ2n) is 8.60. The van der Waals surface area contributed by atoms with Crippen molar-refractivity contribution in [3.8, 4) is 5.75 Å². The van der Waals surface area contributed by atoms with Crippen LogP contribution in [0.1, 0.15) is 36.1 Å². The predicted molar refractivity (Wildman–Crippen MR) is 139 cm³/mol. The first-order chi connectivity index (χ1) is 16.7. The Morgan fingerprint density at radius 3 is 2.46 bits per heavy atom. The Morgan fingerprint density at radius 2 is 1.77 bits per heavy atom. The zero-order valence-corrected chi connectivity index (χ0v) is 21.6. The normalized spacial score (nSPS) is 15.3. The van der Waals surface area contributed by atoms with E-state index in [9.17, 15) is 13.2 Å². The highest BCUT2D eigenvalue weighted by Crippen LogP contribution is 2.39. The Hall–Kier alpha value is -3.03. The molecule has 0 fully saturated rings. The first-order valence-electron chi connectivity index (χ1n) is 11.7. The number of ether oxygens (including phenoxy) is 1. The lowest BCUT2D eigenvalue weighted by atomic mass is 10.0. The third kappa shape index (κ3) is 5.31. The Labute approximate surface area is 211 Å². The summed E-state index contributed by atoms with van der Waals surface area (Å²) in [5.74, 6) is -0.0858. The monoisotopic (exact) mass is 512 g/mol. The van der Waals surface area contributed by atoms with Crippen LogP contribution in [0.4, 0.5) is 5.69 Å². The minimum absolute atomic E-state index is 0.138. The molecule has 0 unspecified atom stereocenters. The fourth-order valence-corrected chi connectivity index (χ4v) is 5.77. The van der Waals surface area contributed by atoms with E-state index in [4.69, 9.17) is 16.3 Å². The Bertz CT molecular complexity index is 1340. The number of rotatable bonds is 7. The highest BCUT2D eigenvalue weighted by Gasteiger charge is 2.37. The summed E-state index contributed by atoms with van der Waals surface area (Å²) in [5, 5.41) is 3.32. The molecule has 0 spiro atoms. The van der Waals surface area contributed by atoms with Crippen molar-refractivity contribution in [3.63, 3.8) is 0 Å². The summed E-state index contributed by atoms with van der Waals surface area (Å²) in [4.78, 5) is 13.3. The van der Waals surface area contributed by atoms with Crippen molar-refractivity contribution in [1.29, 1.82) is 0 Å². The number of fused-ring (bicyclic) bond motifs is 1. The number of aryl methyl sites for hydroxylation is 3. The second kappa shape index (κ2) is 10.3. The first-order valence-corrected chi connectivity index (χ1v) is 13.5. The van der Waals surface area contributed by atoms with Crippen LogP contribution < -0.4 is 14.4 Å². The van der Waals surface area contributed by atoms with E-state index in [1.165, 1.54) is 9.87 Å². The summed E-state index contributed by atoms with van der Waals surface area (Å²) in [6.45, 7) is 6.23. The summed E-state index contributed by atoms with van der Waals surface area (Å²) in [6.07, 6.45) is 0.747. The summed E-state index contributed by atoms with van der Waals surface area (Å²) in [6, 6.07) is 17.7. The highest BCUT2D eigenvalue weighted by atomic mass is 35.5. The number of carbonyl (C=O) groups excluding carboxylic acids is 1. The molecular formula is C27H29ClN2O4S. The molecular weight excluding hydrogens is 484 g/mol. The van der Waals surface area contributed by atoms with Gasteiger partial charge in [-0.2, -0.15) is 0 Å². The summed E-state index contributed by atoms with van der Waals surface area (Å²) in [5.41, 5.74) is 4.67. The van der Waals surface area contributed by atoms with Gasteiger partial charge in [0.1, 0.15) is 5.75 Å². The molecule has 1 N–H and O–H groups in total. The van der Waals surface area contributed by atoms with Gasteiger partial charge in [0.25, 0.3) is 15.9 Å². The van der Waals surface area contributed by atoms with Gasteiger partial charge in [-0.1, -0.05) is 61.3 Å². The van der Waals surface area contributed by atoms with Gasteiger partial charge < -0.3 is 10.1 Å². The second-order valence-corrected chi connectivity index (χ2v) is 10.9. The molecule has 0 aromatic heterocycles.